The van der Waals surface area contributed by atoms with E-state index in [4.69, 9.17) is 16.3 Å². The van der Waals surface area contributed by atoms with E-state index in [1.165, 1.54) is 19.3 Å². The topological polar surface area (TPSA) is 50.9 Å². The van der Waals surface area contributed by atoms with Crippen LogP contribution in [0.1, 0.15) is 67.4 Å². The molecule has 0 saturated heterocycles. The molecular formula is C22H28ClNO3. The van der Waals surface area contributed by atoms with Crippen LogP contribution in [-0.2, 0) is 11.2 Å². The molecule has 1 N–H and O–H groups in total. The zero-order valence-electron chi connectivity index (χ0n) is 16.0. The number of aromatic nitrogens is 1. The van der Waals surface area contributed by atoms with Crippen molar-refractivity contribution in [1.82, 2.24) is 4.40 Å². The number of rotatable bonds is 7. The molecular weight excluding hydrogens is 362 g/mol. The van der Waals surface area contributed by atoms with Gasteiger partial charge in [0.05, 0.1) is 22.7 Å². The van der Waals surface area contributed by atoms with Crippen molar-refractivity contribution < 1.29 is 14.6 Å². The van der Waals surface area contributed by atoms with Crippen molar-refractivity contribution >= 4 is 22.9 Å². The Labute approximate surface area is 165 Å². The summed E-state index contributed by atoms with van der Waals surface area (Å²) in [6, 6.07) is 5.65. The predicted octanol–water partition coefficient (Wildman–Crippen LogP) is 4.83. The Morgan fingerprint density at radius 2 is 2.15 bits per heavy atom. The molecule has 0 aliphatic heterocycles. The van der Waals surface area contributed by atoms with Crippen molar-refractivity contribution in [3.05, 3.63) is 40.7 Å². The van der Waals surface area contributed by atoms with Gasteiger partial charge in [0.25, 0.3) is 0 Å². The minimum atomic E-state index is -0.678. The number of halogens is 1. The Morgan fingerprint density at radius 1 is 1.33 bits per heavy atom. The van der Waals surface area contributed by atoms with Crippen molar-refractivity contribution in [2.75, 3.05) is 13.7 Å². The maximum absolute atomic E-state index is 13.0. The molecule has 27 heavy (non-hydrogen) atoms. The van der Waals surface area contributed by atoms with Gasteiger partial charge in [-0.25, -0.2) is 0 Å². The van der Waals surface area contributed by atoms with Gasteiger partial charge in [-0.15, -0.1) is 0 Å². The molecule has 146 valence electrons. The summed E-state index contributed by atoms with van der Waals surface area (Å²) in [5.74, 6) is 0.0631. The number of methoxy groups -OCH3 is 1. The number of ketones is 1. The molecule has 1 atom stereocenters. The van der Waals surface area contributed by atoms with E-state index in [0.29, 0.717) is 35.4 Å². The highest BCUT2D eigenvalue weighted by molar-refractivity contribution is 6.35. The Morgan fingerprint density at radius 3 is 2.89 bits per heavy atom. The highest BCUT2D eigenvalue weighted by atomic mass is 35.5. The SMILES string of the molecule is COCCc1cc(C(=O)CCC2(O)CCCC3(CC3)C2)c2c(Cl)cccn12. The standard InChI is InChI=1S/C22H28ClNO3/c1-27-13-6-16-14-17(20-18(23)4-2-12-24(16)20)19(25)5-9-22(26)8-3-7-21(15-22)10-11-21/h2,4,12,14,26H,3,5-11,13,15H2,1H3. The second kappa shape index (κ2) is 7.23. The predicted molar refractivity (Wildman–Crippen MR) is 107 cm³/mol. The fourth-order valence-corrected chi connectivity index (χ4v) is 5.13. The van der Waals surface area contributed by atoms with Gasteiger partial charge in [-0.05, 0) is 62.1 Å². The van der Waals surface area contributed by atoms with Gasteiger partial charge in [0.15, 0.2) is 5.78 Å². The molecule has 4 nitrogen and oxygen atoms in total. The van der Waals surface area contributed by atoms with Crippen molar-refractivity contribution in [2.45, 2.75) is 63.4 Å². The van der Waals surface area contributed by atoms with Gasteiger partial charge in [-0.3, -0.25) is 4.79 Å². The first-order chi connectivity index (χ1) is 13.0. The molecule has 2 aromatic rings. The smallest absolute Gasteiger partial charge is 0.165 e. The zero-order valence-corrected chi connectivity index (χ0v) is 16.7. The second-order valence-electron chi connectivity index (χ2n) is 8.54. The maximum Gasteiger partial charge on any atom is 0.165 e. The van der Waals surface area contributed by atoms with Crippen LogP contribution in [0.25, 0.3) is 5.52 Å². The van der Waals surface area contributed by atoms with Crippen LogP contribution in [0.3, 0.4) is 0 Å². The molecule has 0 aromatic carbocycles. The van der Waals surface area contributed by atoms with Crippen LogP contribution in [0.5, 0.6) is 0 Å². The van der Waals surface area contributed by atoms with Gasteiger partial charge >= 0.3 is 0 Å². The lowest BCUT2D eigenvalue weighted by atomic mass is 9.73. The van der Waals surface area contributed by atoms with Gasteiger partial charge in [0, 0.05) is 37.4 Å². The van der Waals surface area contributed by atoms with E-state index in [0.717, 1.165) is 36.9 Å². The summed E-state index contributed by atoms with van der Waals surface area (Å²) in [6.45, 7) is 0.591. The molecule has 5 heteroatoms. The average Bonchev–Trinajstić information content (AvgIpc) is 3.26. The van der Waals surface area contributed by atoms with E-state index in [-0.39, 0.29) is 5.78 Å². The van der Waals surface area contributed by atoms with Crippen molar-refractivity contribution in [3.8, 4) is 0 Å². The van der Waals surface area contributed by atoms with Crippen molar-refractivity contribution in [1.29, 1.82) is 0 Å². The number of Topliss-reactive ketones (excluding diaryl/α,β-unsaturated/α-hetero) is 1. The number of nitrogens with zero attached hydrogens (tertiary/aromatic N) is 1. The Hall–Kier alpha value is -1.36. The summed E-state index contributed by atoms with van der Waals surface area (Å²) in [5.41, 5.74) is 2.15. The highest BCUT2D eigenvalue weighted by Gasteiger charge is 2.50. The molecule has 1 spiro atoms. The quantitative estimate of drug-likeness (QED) is 0.690. The van der Waals surface area contributed by atoms with Crippen LogP contribution in [-0.4, -0.2) is 34.6 Å². The molecule has 2 saturated carbocycles. The molecule has 2 aromatic heterocycles. The zero-order chi connectivity index (χ0) is 19.1. The number of aliphatic hydroxyl groups is 1. The molecule has 2 heterocycles. The van der Waals surface area contributed by atoms with Gasteiger partial charge in [0.1, 0.15) is 0 Å². The van der Waals surface area contributed by atoms with E-state index >= 15 is 0 Å². The lowest BCUT2D eigenvalue weighted by Crippen LogP contribution is -2.36. The van der Waals surface area contributed by atoms with Crippen molar-refractivity contribution in [2.24, 2.45) is 5.41 Å². The number of ether oxygens (including phenoxy) is 1. The molecule has 0 radical (unpaired) electrons. The molecule has 1 unspecified atom stereocenters. The molecule has 2 aliphatic carbocycles. The number of hydrogen-bond donors (Lipinski definition) is 1. The molecule has 2 fully saturated rings. The summed E-state index contributed by atoms with van der Waals surface area (Å²) in [7, 11) is 1.67. The summed E-state index contributed by atoms with van der Waals surface area (Å²) < 4.78 is 7.19. The summed E-state index contributed by atoms with van der Waals surface area (Å²) in [4.78, 5) is 13.0. The third-order valence-electron chi connectivity index (χ3n) is 6.51. The van der Waals surface area contributed by atoms with E-state index in [2.05, 4.69) is 0 Å². The summed E-state index contributed by atoms with van der Waals surface area (Å²) in [6.07, 6.45) is 10.1. The Balaban J connectivity index is 1.53. The van der Waals surface area contributed by atoms with Crippen LogP contribution in [0, 0.1) is 5.41 Å². The highest BCUT2D eigenvalue weighted by Crippen LogP contribution is 2.59. The summed E-state index contributed by atoms with van der Waals surface area (Å²) >= 11 is 6.42. The number of fused-ring (bicyclic) bond motifs is 1. The van der Waals surface area contributed by atoms with E-state index in [9.17, 15) is 9.90 Å². The first-order valence-corrected chi connectivity index (χ1v) is 10.4. The lowest BCUT2D eigenvalue weighted by Gasteiger charge is -2.37. The van der Waals surface area contributed by atoms with Crippen molar-refractivity contribution in [3.63, 3.8) is 0 Å². The normalized spacial score (nSPS) is 23.8. The lowest BCUT2D eigenvalue weighted by molar-refractivity contribution is -0.0293. The van der Waals surface area contributed by atoms with Crippen LogP contribution < -0.4 is 0 Å². The minimum Gasteiger partial charge on any atom is -0.390 e. The van der Waals surface area contributed by atoms with Gasteiger partial charge in [-0.2, -0.15) is 0 Å². The fourth-order valence-electron chi connectivity index (χ4n) is 4.86. The number of carbonyl (C=O) groups excluding carboxylic acids is 1. The van der Waals surface area contributed by atoms with Crippen LogP contribution >= 0.6 is 11.6 Å². The molecule has 4 rings (SSSR count). The first-order valence-electron chi connectivity index (χ1n) is 9.98. The minimum absolute atomic E-state index is 0.0631. The third kappa shape index (κ3) is 3.80. The number of carbonyl (C=O) groups is 1. The largest absolute Gasteiger partial charge is 0.390 e. The van der Waals surface area contributed by atoms with Crippen LogP contribution in [0.2, 0.25) is 5.02 Å². The fraction of sp³-hybridized carbons (Fsp3) is 0.591. The molecule has 0 bridgehead atoms. The second-order valence-corrected chi connectivity index (χ2v) is 8.95. The van der Waals surface area contributed by atoms with E-state index < -0.39 is 5.60 Å². The average molecular weight is 390 g/mol. The monoisotopic (exact) mass is 389 g/mol. The number of pyridine rings is 1. The number of hydrogen-bond acceptors (Lipinski definition) is 3. The molecule has 2 aliphatic rings. The van der Waals surface area contributed by atoms with E-state index in [1.807, 2.05) is 28.8 Å². The van der Waals surface area contributed by atoms with Gasteiger partial charge in [-0.1, -0.05) is 18.0 Å². The third-order valence-corrected chi connectivity index (χ3v) is 6.82. The van der Waals surface area contributed by atoms with Gasteiger partial charge < -0.3 is 14.2 Å². The van der Waals surface area contributed by atoms with Gasteiger partial charge in [0.2, 0.25) is 0 Å². The maximum atomic E-state index is 13.0. The summed E-state index contributed by atoms with van der Waals surface area (Å²) in [5, 5.41) is 11.6. The Bertz CT molecular complexity index is 855. The van der Waals surface area contributed by atoms with Crippen LogP contribution in [0.4, 0.5) is 0 Å². The Kier molecular flexibility index (Phi) is 5.08. The van der Waals surface area contributed by atoms with Crippen LogP contribution in [0.15, 0.2) is 24.4 Å². The molecule has 0 amide bonds. The first kappa shape index (κ1) is 19.0. The van der Waals surface area contributed by atoms with E-state index in [1.54, 1.807) is 7.11 Å².